The lowest BCUT2D eigenvalue weighted by atomic mass is 10.2. The van der Waals surface area contributed by atoms with E-state index in [1.807, 2.05) is 27.1 Å². The summed E-state index contributed by atoms with van der Waals surface area (Å²) >= 11 is 0. The van der Waals surface area contributed by atoms with Crippen LogP contribution >= 0.6 is 0 Å². The van der Waals surface area contributed by atoms with Gasteiger partial charge in [0.25, 0.3) is 0 Å². The summed E-state index contributed by atoms with van der Waals surface area (Å²) in [4.78, 5) is 25.7. The van der Waals surface area contributed by atoms with Gasteiger partial charge < -0.3 is 19.4 Å². The van der Waals surface area contributed by atoms with Gasteiger partial charge in [0.2, 0.25) is 5.95 Å². The van der Waals surface area contributed by atoms with Crippen LogP contribution < -0.4 is 14.7 Å². The third-order valence-electron chi connectivity index (χ3n) is 5.71. The van der Waals surface area contributed by atoms with Gasteiger partial charge in [0.15, 0.2) is 5.65 Å². The molecule has 0 atom stereocenters. The Kier molecular flexibility index (Phi) is 4.86. The molecule has 0 amide bonds. The van der Waals surface area contributed by atoms with Gasteiger partial charge in [-0.25, -0.2) is 15.0 Å². The number of aryl methyl sites for hydroxylation is 3. The molecule has 0 aliphatic carbocycles. The van der Waals surface area contributed by atoms with Crippen molar-refractivity contribution in [1.29, 1.82) is 0 Å². The highest BCUT2D eigenvalue weighted by Gasteiger charge is 2.24. The summed E-state index contributed by atoms with van der Waals surface area (Å²) in [7, 11) is 1.92. The summed E-state index contributed by atoms with van der Waals surface area (Å²) < 4.78 is 7.27. The highest BCUT2D eigenvalue weighted by atomic mass is 16.5. The summed E-state index contributed by atoms with van der Waals surface area (Å²) in [5, 5.41) is 5.37. The van der Waals surface area contributed by atoms with Crippen molar-refractivity contribution < 1.29 is 4.74 Å². The van der Waals surface area contributed by atoms with Crippen LogP contribution in [0.1, 0.15) is 11.5 Å². The van der Waals surface area contributed by atoms with Crippen molar-refractivity contribution in [3.63, 3.8) is 0 Å². The molecule has 0 bridgehead atoms. The monoisotopic (exact) mass is 409 g/mol. The van der Waals surface area contributed by atoms with E-state index in [0.29, 0.717) is 0 Å². The molecule has 0 radical (unpaired) electrons. The zero-order valence-electron chi connectivity index (χ0n) is 17.7. The van der Waals surface area contributed by atoms with Gasteiger partial charge >= 0.3 is 0 Å². The van der Waals surface area contributed by atoms with Crippen LogP contribution in [0.15, 0.2) is 12.3 Å². The SMILES string of the molecule is Cc1cc(N2CCN(c3nc(C)nc4c3cnn4C)CC2)nc(N2CCOCC2)n1. The average molecular weight is 409 g/mol. The van der Waals surface area contributed by atoms with Gasteiger partial charge in [-0.15, -0.1) is 0 Å². The Balaban J connectivity index is 1.35. The first-order valence-electron chi connectivity index (χ1n) is 10.4. The molecule has 0 saturated carbocycles. The molecule has 3 aromatic rings. The Labute approximate surface area is 175 Å². The fourth-order valence-electron chi connectivity index (χ4n) is 4.10. The number of anilines is 3. The Morgan fingerprint density at radius 3 is 2.33 bits per heavy atom. The largest absolute Gasteiger partial charge is 0.378 e. The molecule has 158 valence electrons. The number of fused-ring (bicyclic) bond motifs is 1. The summed E-state index contributed by atoms with van der Waals surface area (Å²) in [5.74, 6) is 3.54. The quantitative estimate of drug-likeness (QED) is 0.627. The molecule has 0 aromatic carbocycles. The maximum absolute atomic E-state index is 5.46. The van der Waals surface area contributed by atoms with Crippen LogP contribution in [0.2, 0.25) is 0 Å². The van der Waals surface area contributed by atoms with E-state index in [-0.39, 0.29) is 0 Å². The van der Waals surface area contributed by atoms with Gasteiger partial charge in [0.1, 0.15) is 17.5 Å². The predicted molar refractivity (Wildman–Crippen MR) is 115 cm³/mol. The second kappa shape index (κ2) is 7.67. The average Bonchev–Trinajstić information content (AvgIpc) is 3.14. The van der Waals surface area contributed by atoms with E-state index < -0.39 is 0 Å². The fourth-order valence-corrected chi connectivity index (χ4v) is 4.10. The molecular weight excluding hydrogens is 382 g/mol. The van der Waals surface area contributed by atoms with Gasteiger partial charge in [-0.05, 0) is 13.8 Å². The van der Waals surface area contributed by atoms with Crippen LogP contribution in [-0.2, 0) is 11.8 Å². The zero-order valence-corrected chi connectivity index (χ0v) is 17.7. The number of hydrogen-bond donors (Lipinski definition) is 0. The molecule has 10 nitrogen and oxygen atoms in total. The van der Waals surface area contributed by atoms with Crippen molar-refractivity contribution in [2.45, 2.75) is 13.8 Å². The van der Waals surface area contributed by atoms with E-state index in [2.05, 4.69) is 35.8 Å². The highest BCUT2D eigenvalue weighted by Crippen LogP contribution is 2.26. The third kappa shape index (κ3) is 3.51. The fraction of sp³-hybridized carbons (Fsp3) is 0.550. The Morgan fingerprint density at radius 1 is 0.833 bits per heavy atom. The van der Waals surface area contributed by atoms with Crippen LogP contribution in [0.3, 0.4) is 0 Å². The second-order valence-electron chi connectivity index (χ2n) is 7.84. The van der Waals surface area contributed by atoms with Gasteiger partial charge in [0.05, 0.1) is 24.8 Å². The van der Waals surface area contributed by atoms with E-state index in [4.69, 9.17) is 14.7 Å². The predicted octanol–water partition coefficient (Wildman–Crippen LogP) is 0.933. The Bertz CT molecular complexity index is 1050. The van der Waals surface area contributed by atoms with Crippen LogP contribution in [0.25, 0.3) is 11.0 Å². The first kappa shape index (κ1) is 19.0. The number of nitrogens with zero attached hydrogens (tertiary/aromatic N) is 9. The van der Waals surface area contributed by atoms with Crippen molar-refractivity contribution in [2.75, 3.05) is 67.2 Å². The van der Waals surface area contributed by atoms with E-state index in [1.165, 1.54) is 0 Å². The molecule has 10 heteroatoms. The minimum Gasteiger partial charge on any atom is -0.378 e. The minimum atomic E-state index is 0.729. The molecule has 2 saturated heterocycles. The van der Waals surface area contributed by atoms with Crippen molar-refractivity contribution in [3.05, 3.63) is 23.8 Å². The van der Waals surface area contributed by atoms with Gasteiger partial charge in [-0.2, -0.15) is 10.1 Å². The van der Waals surface area contributed by atoms with Crippen LogP contribution in [0.5, 0.6) is 0 Å². The van der Waals surface area contributed by atoms with Crippen molar-refractivity contribution in [2.24, 2.45) is 7.05 Å². The molecular formula is C20H27N9O. The minimum absolute atomic E-state index is 0.729. The van der Waals surface area contributed by atoms with E-state index in [0.717, 1.165) is 92.6 Å². The Hall–Kier alpha value is -3.01. The summed E-state index contributed by atoms with van der Waals surface area (Å²) in [5.41, 5.74) is 1.87. The standard InChI is InChI=1S/C20H27N9O/c1-14-12-17(25-20(22-14)29-8-10-30-11-9-29)27-4-6-28(7-5-27)19-16-13-21-26(3)18(16)23-15(2)24-19/h12-13H,4-11H2,1-3H3. The molecule has 2 aliphatic rings. The van der Waals surface area contributed by atoms with Crippen molar-refractivity contribution in [3.8, 4) is 0 Å². The molecule has 5 heterocycles. The van der Waals surface area contributed by atoms with Crippen LogP contribution in [0, 0.1) is 13.8 Å². The van der Waals surface area contributed by atoms with Gasteiger partial charge in [-0.1, -0.05) is 0 Å². The molecule has 30 heavy (non-hydrogen) atoms. The maximum Gasteiger partial charge on any atom is 0.227 e. The molecule has 0 N–H and O–H groups in total. The third-order valence-corrected chi connectivity index (χ3v) is 5.71. The lowest BCUT2D eigenvalue weighted by molar-refractivity contribution is 0.122. The van der Waals surface area contributed by atoms with E-state index >= 15 is 0 Å². The first-order valence-corrected chi connectivity index (χ1v) is 10.4. The molecule has 0 unspecified atom stereocenters. The number of ether oxygens (including phenoxy) is 1. The molecule has 0 spiro atoms. The topological polar surface area (TPSA) is 88.3 Å². The zero-order chi connectivity index (χ0) is 20.7. The second-order valence-corrected chi connectivity index (χ2v) is 7.84. The number of aromatic nitrogens is 6. The van der Waals surface area contributed by atoms with Gasteiger partial charge in [-0.3, -0.25) is 4.68 Å². The highest BCUT2D eigenvalue weighted by molar-refractivity contribution is 5.87. The normalized spacial score (nSPS) is 17.8. The van der Waals surface area contributed by atoms with Crippen molar-refractivity contribution >= 4 is 28.6 Å². The van der Waals surface area contributed by atoms with Crippen LogP contribution in [-0.4, -0.2) is 82.2 Å². The lowest BCUT2D eigenvalue weighted by Crippen LogP contribution is -2.47. The number of rotatable bonds is 3. The van der Waals surface area contributed by atoms with Gasteiger partial charge in [0, 0.05) is 58.1 Å². The lowest BCUT2D eigenvalue weighted by Gasteiger charge is -2.36. The van der Waals surface area contributed by atoms with E-state index in [9.17, 15) is 0 Å². The first-order chi connectivity index (χ1) is 14.6. The summed E-state index contributed by atoms with van der Waals surface area (Å²) in [6, 6.07) is 2.08. The smallest absolute Gasteiger partial charge is 0.227 e. The number of morpholine rings is 1. The number of piperazine rings is 1. The molecule has 2 aliphatic heterocycles. The Morgan fingerprint density at radius 2 is 1.57 bits per heavy atom. The number of hydrogen-bond acceptors (Lipinski definition) is 9. The molecule has 2 fully saturated rings. The maximum atomic E-state index is 5.46. The van der Waals surface area contributed by atoms with Crippen LogP contribution in [0.4, 0.5) is 17.6 Å². The summed E-state index contributed by atoms with van der Waals surface area (Å²) in [6.45, 7) is 10.6. The van der Waals surface area contributed by atoms with E-state index in [1.54, 1.807) is 4.68 Å². The summed E-state index contributed by atoms with van der Waals surface area (Å²) in [6.07, 6.45) is 1.86. The molecule has 5 rings (SSSR count). The molecule has 3 aromatic heterocycles. The van der Waals surface area contributed by atoms with Crippen molar-refractivity contribution in [1.82, 2.24) is 29.7 Å².